The van der Waals surface area contributed by atoms with Crippen LogP contribution < -0.4 is 10.5 Å². The Kier molecular flexibility index (Phi) is 3.52. The van der Waals surface area contributed by atoms with Gasteiger partial charge in [0, 0.05) is 13.0 Å². The molecule has 0 saturated heterocycles. The molecule has 0 unspecified atom stereocenters. The number of oxazole rings is 1. The number of nitrogens with two attached hydrogens (primary N) is 1. The van der Waals surface area contributed by atoms with Crippen LogP contribution in [-0.4, -0.2) is 11.6 Å². The average molecular weight is 182 g/mol. The third-order valence-corrected chi connectivity index (χ3v) is 1.49. The maximum Gasteiger partial charge on any atom is 0.393 e. The molecule has 0 aromatic carbocycles. The van der Waals surface area contributed by atoms with Gasteiger partial charge in [-0.2, -0.15) is 4.98 Å². The molecule has 0 aliphatic carbocycles. The normalized spacial score (nSPS) is 10.0. The second-order valence-electron chi connectivity index (χ2n) is 2.86. The lowest BCUT2D eigenvalue weighted by Crippen LogP contribution is -1.99. The lowest BCUT2D eigenvalue weighted by molar-refractivity contribution is 0.233. The van der Waals surface area contributed by atoms with Crippen molar-refractivity contribution in [1.29, 1.82) is 0 Å². The maximum atomic E-state index is 5.35. The Bertz CT molecular complexity index is 281. The van der Waals surface area contributed by atoms with Gasteiger partial charge in [0.25, 0.3) is 0 Å². The van der Waals surface area contributed by atoms with E-state index in [0.29, 0.717) is 18.8 Å². The molecular weight excluding hydrogens is 168 g/mol. The highest BCUT2D eigenvalue weighted by molar-refractivity contribution is 4.99. The minimum atomic E-state index is 0.279. The molecule has 4 nitrogen and oxygen atoms in total. The summed E-state index contributed by atoms with van der Waals surface area (Å²) in [5, 5.41) is 0. The highest BCUT2D eigenvalue weighted by Crippen LogP contribution is 2.10. The molecule has 4 heteroatoms. The predicted molar refractivity (Wildman–Crippen MR) is 49.3 cm³/mol. The van der Waals surface area contributed by atoms with Gasteiger partial charge in [-0.3, -0.25) is 0 Å². The van der Waals surface area contributed by atoms with E-state index in [4.69, 9.17) is 14.9 Å². The lowest BCUT2D eigenvalue weighted by atomic mass is 10.3. The summed E-state index contributed by atoms with van der Waals surface area (Å²) in [7, 11) is 0. The SMILES string of the molecule is C=C(C)CCOc1nc(CN)co1. The quantitative estimate of drug-likeness (QED) is 0.700. The Labute approximate surface area is 77.4 Å². The molecule has 0 atom stereocenters. The van der Waals surface area contributed by atoms with Gasteiger partial charge in [0.2, 0.25) is 0 Å². The number of hydrogen-bond donors (Lipinski definition) is 1. The molecule has 2 N–H and O–H groups in total. The summed E-state index contributed by atoms with van der Waals surface area (Å²) in [4.78, 5) is 3.98. The molecule has 1 aromatic rings. The summed E-state index contributed by atoms with van der Waals surface area (Å²) in [6.07, 6.45) is 2.58. The predicted octanol–water partition coefficient (Wildman–Crippen LogP) is 1.48. The Hall–Kier alpha value is -1.29. The third-order valence-electron chi connectivity index (χ3n) is 1.49. The van der Waals surface area contributed by atoms with E-state index in [1.807, 2.05) is 6.92 Å². The van der Waals surface area contributed by atoms with Gasteiger partial charge in [-0.25, -0.2) is 0 Å². The Morgan fingerprint density at radius 3 is 3.08 bits per heavy atom. The van der Waals surface area contributed by atoms with E-state index in [2.05, 4.69) is 11.6 Å². The minimum absolute atomic E-state index is 0.279. The maximum absolute atomic E-state index is 5.35. The summed E-state index contributed by atoms with van der Waals surface area (Å²) in [5.41, 5.74) is 7.12. The fourth-order valence-corrected chi connectivity index (χ4v) is 0.761. The fourth-order valence-electron chi connectivity index (χ4n) is 0.761. The molecule has 0 saturated carbocycles. The highest BCUT2D eigenvalue weighted by atomic mass is 16.6. The molecule has 1 rings (SSSR count). The van der Waals surface area contributed by atoms with Crippen LogP contribution in [0.25, 0.3) is 0 Å². The van der Waals surface area contributed by atoms with Crippen molar-refractivity contribution in [2.75, 3.05) is 6.61 Å². The smallest absolute Gasteiger partial charge is 0.393 e. The summed E-state index contributed by atoms with van der Waals surface area (Å²) in [6, 6.07) is 0. The zero-order chi connectivity index (χ0) is 9.68. The number of rotatable bonds is 5. The van der Waals surface area contributed by atoms with Gasteiger partial charge in [-0.1, -0.05) is 5.57 Å². The number of aromatic nitrogens is 1. The van der Waals surface area contributed by atoms with Gasteiger partial charge in [0.1, 0.15) is 6.26 Å². The van der Waals surface area contributed by atoms with Gasteiger partial charge in [-0.15, -0.1) is 6.58 Å². The number of hydrogen-bond acceptors (Lipinski definition) is 4. The van der Waals surface area contributed by atoms with Crippen LogP contribution in [0.4, 0.5) is 0 Å². The van der Waals surface area contributed by atoms with Crippen molar-refractivity contribution in [3.05, 3.63) is 24.1 Å². The first-order valence-electron chi connectivity index (χ1n) is 4.14. The van der Waals surface area contributed by atoms with Crippen molar-refractivity contribution >= 4 is 0 Å². The molecule has 0 spiro atoms. The number of ether oxygens (including phenoxy) is 1. The van der Waals surface area contributed by atoms with Crippen molar-refractivity contribution in [2.24, 2.45) is 5.73 Å². The zero-order valence-corrected chi connectivity index (χ0v) is 7.75. The molecule has 0 aliphatic rings. The van der Waals surface area contributed by atoms with Crippen LogP contribution in [0, 0.1) is 0 Å². The number of nitrogens with zero attached hydrogens (tertiary/aromatic N) is 1. The van der Waals surface area contributed by atoms with Crippen LogP contribution in [0.15, 0.2) is 22.8 Å². The van der Waals surface area contributed by atoms with Crippen LogP contribution in [-0.2, 0) is 6.54 Å². The molecule has 13 heavy (non-hydrogen) atoms. The first kappa shape index (κ1) is 9.80. The van der Waals surface area contributed by atoms with Crippen LogP contribution in [0.2, 0.25) is 0 Å². The molecule has 0 aliphatic heterocycles. The summed E-state index contributed by atoms with van der Waals surface area (Å²) in [5.74, 6) is 0. The van der Waals surface area contributed by atoms with Gasteiger partial charge in [0.05, 0.1) is 12.3 Å². The first-order valence-corrected chi connectivity index (χ1v) is 4.14. The van der Waals surface area contributed by atoms with E-state index in [9.17, 15) is 0 Å². The van der Waals surface area contributed by atoms with E-state index in [-0.39, 0.29) is 6.08 Å². The summed E-state index contributed by atoms with van der Waals surface area (Å²) in [6.45, 7) is 6.62. The Morgan fingerprint density at radius 2 is 2.54 bits per heavy atom. The Morgan fingerprint density at radius 1 is 1.77 bits per heavy atom. The van der Waals surface area contributed by atoms with Crippen LogP contribution in [0.1, 0.15) is 19.0 Å². The minimum Gasteiger partial charge on any atom is -0.450 e. The molecule has 0 bridgehead atoms. The third kappa shape index (κ3) is 3.29. The van der Waals surface area contributed by atoms with E-state index in [1.54, 1.807) is 0 Å². The molecule has 0 fully saturated rings. The monoisotopic (exact) mass is 182 g/mol. The molecule has 72 valence electrons. The molecule has 1 heterocycles. The van der Waals surface area contributed by atoms with E-state index in [1.165, 1.54) is 6.26 Å². The van der Waals surface area contributed by atoms with Gasteiger partial charge >= 0.3 is 6.08 Å². The van der Waals surface area contributed by atoms with Crippen molar-refractivity contribution in [3.63, 3.8) is 0 Å². The second kappa shape index (κ2) is 4.67. The molecule has 0 amide bonds. The lowest BCUT2D eigenvalue weighted by Gasteiger charge is -1.99. The van der Waals surface area contributed by atoms with Gasteiger partial charge < -0.3 is 14.9 Å². The van der Waals surface area contributed by atoms with Crippen molar-refractivity contribution in [1.82, 2.24) is 4.98 Å². The van der Waals surface area contributed by atoms with Crippen LogP contribution in [0.3, 0.4) is 0 Å². The topological polar surface area (TPSA) is 61.3 Å². The highest BCUT2D eigenvalue weighted by Gasteiger charge is 2.02. The van der Waals surface area contributed by atoms with Gasteiger partial charge in [-0.05, 0) is 6.92 Å². The van der Waals surface area contributed by atoms with E-state index >= 15 is 0 Å². The Balaban J connectivity index is 2.32. The zero-order valence-electron chi connectivity index (χ0n) is 7.75. The van der Waals surface area contributed by atoms with Crippen molar-refractivity contribution in [2.45, 2.75) is 19.9 Å². The molecule has 0 radical (unpaired) electrons. The van der Waals surface area contributed by atoms with E-state index in [0.717, 1.165) is 12.0 Å². The standard InChI is InChI=1S/C9H14N2O2/c1-7(2)3-4-12-9-11-8(5-10)6-13-9/h6H,1,3-5,10H2,2H3. The molecular formula is C9H14N2O2. The van der Waals surface area contributed by atoms with Crippen molar-refractivity contribution in [3.8, 4) is 6.08 Å². The van der Waals surface area contributed by atoms with Crippen LogP contribution >= 0.6 is 0 Å². The first-order chi connectivity index (χ1) is 6.22. The summed E-state index contributed by atoms with van der Waals surface area (Å²) < 4.78 is 10.2. The van der Waals surface area contributed by atoms with Crippen molar-refractivity contribution < 1.29 is 9.15 Å². The molecule has 1 aromatic heterocycles. The van der Waals surface area contributed by atoms with E-state index < -0.39 is 0 Å². The average Bonchev–Trinajstić information content (AvgIpc) is 2.52. The summed E-state index contributed by atoms with van der Waals surface area (Å²) >= 11 is 0. The largest absolute Gasteiger partial charge is 0.450 e. The fraction of sp³-hybridized carbons (Fsp3) is 0.444. The second-order valence-corrected chi connectivity index (χ2v) is 2.86. The van der Waals surface area contributed by atoms with Crippen LogP contribution in [0.5, 0.6) is 6.08 Å². The van der Waals surface area contributed by atoms with Gasteiger partial charge in [0.15, 0.2) is 0 Å².